The number of benzene rings is 2. The van der Waals surface area contributed by atoms with E-state index in [1.807, 2.05) is 17.0 Å². The molecule has 3 heterocycles. The van der Waals surface area contributed by atoms with Crippen LogP contribution < -0.4 is 4.74 Å². The van der Waals surface area contributed by atoms with E-state index in [-0.39, 0.29) is 12.0 Å². The van der Waals surface area contributed by atoms with E-state index < -0.39 is 6.10 Å². The van der Waals surface area contributed by atoms with E-state index in [9.17, 15) is 9.90 Å². The molecule has 1 N–H and O–H groups in total. The lowest BCUT2D eigenvalue weighted by Gasteiger charge is -2.34. The molecule has 6 nitrogen and oxygen atoms in total. The highest BCUT2D eigenvalue weighted by Crippen LogP contribution is 2.27. The van der Waals surface area contributed by atoms with Gasteiger partial charge in [-0.25, -0.2) is 0 Å². The minimum absolute atomic E-state index is 0.0205. The summed E-state index contributed by atoms with van der Waals surface area (Å²) in [6.07, 6.45) is 3.63. The first-order valence-electron chi connectivity index (χ1n) is 12.9. The van der Waals surface area contributed by atoms with Crippen molar-refractivity contribution in [1.29, 1.82) is 0 Å². The third kappa shape index (κ3) is 5.29. The Morgan fingerprint density at radius 3 is 2.50 bits per heavy atom. The van der Waals surface area contributed by atoms with Gasteiger partial charge in [0.15, 0.2) is 0 Å². The fraction of sp³-hybridized carbons (Fsp3) is 0.536. The average Bonchev–Trinajstić information content (AvgIpc) is 2.86. The molecule has 1 amide bonds. The summed E-state index contributed by atoms with van der Waals surface area (Å²) in [4.78, 5) is 19.7. The maximum absolute atomic E-state index is 13.1. The van der Waals surface area contributed by atoms with Crippen molar-refractivity contribution in [2.75, 3.05) is 45.8 Å². The zero-order chi connectivity index (χ0) is 23.5. The van der Waals surface area contributed by atoms with Crippen molar-refractivity contribution in [2.45, 2.75) is 51.4 Å². The summed E-state index contributed by atoms with van der Waals surface area (Å²) >= 11 is 0. The summed E-state index contributed by atoms with van der Waals surface area (Å²) in [5.41, 5.74) is 4.56. The number of carbonyl (C=O) groups excluding carboxylic acids is 1. The van der Waals surface area contributed by atoms with Gasteiger partial charge in [0.1, 0.15) is 11.9 Å². The minimum atomic E-state index is -0.549. The van der Waals surface area contributed by atoms with E-state index in [0.717, 1.165) is 75.3 Å². The summed E-state index contributed by atoms with van der Waals surface area (Å²) in [6.45, 7) is 8.91. The lowest BCUT2D eigenvalue weighted by Crippen LogP contribution is -2.46. The molecular weight excluding hydrogens is 426 g/mol. The van der Waals surface area contributed by atoms with Crippen molar-refractivity contribution in [3.05, 3.63) is 64.7 Å². The van der Waals surface area contributed by atoms with Crippen LogP contribution in [0.25, 0.3) is 0 Å². The normalized spacial score (nSPS) is 20.6. The monoisotopic (exact) mass is 463 g/mol. The molecule has 0 radical (unpaired) electrons. The van der Waals surface area contributed by atoms with Crippen LogP contribution in [-0.4, -0.2) is 83.7 Å². The smallest absolute Gasteiger partial charge is 0.254 e. The van der Waals surface area contributed by atoms with E-state index in [0.29, 0.717) is 19.6 Å². The lowest BCUT2D eigenvalue weighted by atomic mass is 9.98. The van der Waals surface area contributed by atoms with Crippen LogP contribution in [0.3, 0.4) is 0 Å². The molecule has 3 aliphatic rings. The predicted molar refractivity (Wildman–Crippen MR) is 133 cm³/mol. The molecule has 5 rings (SSSR count). The number of amides is 1. The quantitative estimate of drug-likeness (QED) is 0.684. The van der Waals surface area contributed by atoms with E-state index >= 15 is 0 Å². The van der Waals surface area contributed by atoms with Crippen LogP contribution in [-0.2, 0) is 19.4 Å². The van der Waals surface area contributed by atoms with Crippen molar-refractivity contribution in [3.63, 3.8) is 0 Å². The standard InChI is InChI=1S/C28H37N3O3/c1-2-29-14-11-25(12-15-29)34-26-7-8-27-22(17-26)10-16-31(28(27)33)20-24(32)19-30-13-9-21-5-3-4-6-23(21)18-30/h3-8,17,24-25,32H,2,9-16,18-20H2,1H3/t24-/m1/s1. The summed E-state index contributed by atoms with van der Waals surface area (Å²) in [5, 5.41) is 10.8. The zero-order valence-electron chi connectivity index (χ0n) is 20.3. The number of hydrogen-bond acceptors (Lipinski definition) is 5. The van der Waals surface area contributed by atoms with Gasteiger partial charge in [-0.05, 0) is 67.1 Å². The third-order valence-corrected chi connectivity index (χ3v) is 7.64. The number of aliphatic hydroxyl groups is 1. The first-order chi connectivity index (χ1) is 16.6. The molecule has 34 heavy (non-hydrogen) atoms. The Morgan fingerprint density at radius 1 is 0.941 bits per heavy atom. The molecule has 2 aromatic carbocycles. The predicted octanol–water partition coefficient (Wildman–Crippen LogP) is 2.97. The Hall–Kier alpha value is -2.41. The second-order valence-corrected chi connectivity index (χ2v) is 9.98. The molecule has 6 heteroatoms. The summed E-state index contributed by atoms with van der Waals surface area (Å²) in [7, 11) is 0. The number of aliphatic hydroxyl groups excluding tert-OH is 1. The molecule has 0 bridgehead atoms. The Kier molecular flexibility index (Phi) is 7.18. The highest BCUT2D eigenvalue weighted by atomic mass is 16.5. The number of ether oxygens (including phenoxy) is 1. The van der Waals surface area contributed by atoms with Crippen LogP contribution in [0, 0.1) is 0 Å². The Balaban J connectivity index is 1.14. The number of piperidine rings is 1. The van der Waals surface area contributed by atoms with Gasteiger partial charge in [-0.1, -0.05) is 31.2 Å². The van der Waals surface area contributed by atoms with Crippen molar-refractivity contribution in [3.8, 4) is 5.75 Å². The van der Waals surface area contributed by atoms with Crippen molar-refractivity contribution < 1.29 is 14.6 Å². The van der Waals surface area contributed by atoms with Crippen LogP contribution in [0.2, 0.25) is 0 Å². The number of fused-ring (bicyclic) bond motifs is 2. The molecule has 3 aliphatic heterocycles. The zero-order valence-corrected chi connectivity index (χ0v) is 20.3. The fourth-order valence-corrected chi connectivity index (χ4v) is 5.62. The Bertz CT molecular complexity index is 1000. The molecule has 2 aromatic rings. The Labute approximate surface area is 203 Å². The first-order valence-corrected chi connectivity index (χ1v) is 12.9. The first kappa shape index (κ1) is 23.3. The largest absolute Gasteiger partial charge is 0.490 e. The van der Waals surface area contributed by atoms with E-state index in [1.54, 1.807) is 0 Å². The van der Waals surface area contributed by atoms with Crippen molar-refractivity contribution in [1.82, 2.24) is 14.7 Å². The van der Waals surface area contributed by atoms with Gasteiger partial charge in [0.2, 0.25) is 0 Å². The van der Waals surface area contributed by atoms with E-state index in [1.165, 1.54) is 11.1 Å². The second kappa shape index (κ2) is 10.5. The molecule has 0 aromatic heterocycles. The van der Waals surface area contributed by atoms with Gasteiger partial charge >= 0.3 is 0 Å². The number of likely N-dealkylation sites (tertiary alicyclic amines) is 1. The summed E-state index contributed by atoms with van der Waals surface area (Å²) in [6, 6.07) is 14.4. The maximum atomic E-state index is 13.1. The number of rotatable bonds is 7. The molecule has 0 unspecified atom stereocenters. The third-order valence-electron chi connectivity index (χ3n) is 7.64. The topological polar surface area (TPSA) is 56.2 Å². The highest BCUT2D eigenvalue weighted by Gasteiger charge is 2.28. The van der Waals surface area contributed by atoms with Gasteiger partial charge in [-0.15, -0.1) is 0 Å². The minimum Gasteiger partial charge on any atom is -0.490 e. The number of hydrogen-bond donors (Lipinski definition) is 1. The molecule has 0 saturated carbocycles. The van der Waals surface area contributed by atoms with Crippen LogP contribution >= 0.6 is 0 Å². The number of nitrogens with zero attached hydrogens (tertiary/aromatic N) is 3. The Morgan fingerprint density at radius 2 is 1.71 bits per heavy atom. The van der Waals surface area contributed by atoms with Gasteiger partial charge < -0.3 is 19.6 Å². The molecule has 0 spiro atoms. The molecule has 1 saturated heterocycles. The number of carbonyl (C=O) groups is 1. The average molecular weight is 464 g/mol. The second-order valence-electron chi connectivity index (χ2n) is 9.98. The van der Waals surface area contributed by atoms with Crippen molar-refractivity contribution in [2.24, 2.45) is 0 Å². The molecule has 182 valence electrons. The molecular formula is C28H37N3O3. The highest BCUT2D eigenvalue weighted by molar-refractivity contribution is 5.97. The molecule has 0 aliphatic carbocycles. The van der Waals surface area contributed by atoms with Gasteiger partial charge in [0.25, 0.3) is 5.91 Å². The summed E-state index contributed by atoms with van der Waals surface area (Å²) in [5.74, 6) is 0.896. The molecule has 1 fully saturated rings. The van der Waals surface area contributed by atoms with Gasteiger partial charge in [-0.2, -0.15) is 0 Å². The lowest BCUT2D eigenvalue weighted by molar-refractivity contribution is 0.0492. The SMILES string of the molecule is CCN1CCC(Oc2ccc3c(c2)CCN(C[C@H](O)CN2CCc4ccccc4C2)C3=O)CC1. The van der Waals surface area contributed by atoms with Crippen LogP contribution in [0.5, 0.6) is 5.75 Å². The van der Waals surface area contributed by atoms with E-state index in [4.69, 9.17) is 4.74 Å². The molecule has 1 atom stereocenters. The van der Waals surface area contributed by atoms with Crippen molar-refractivity contribution >= 4 is 5.91 Å². The maximum Gasteiger partial charge on any atom is 0.254 e. The van der Waals surface area contributed by atoms with Crippen LogP contribution in [0.4, 0.5) is 0 Å². The van der Waals surface area contributed by atoms with Crippen LogP contribution in [0.1, 0.15) is 46.8 Å². The number of β-amino-alcohol motifs (C(OH)–C–C–N with tert-alkyl or cyclic N) is 1. The van der Waals surface area contributed by atoms with Crippen LogP contribution in [0.15, 0.2) is 42.5 Å². The van der Waals surface area contributed by atoms with Gasteiger partial charge in [0.05, 0.1) is 6.10 Å². The van der Waals surface area contributed by atoms with E-state index in [2.05, 4.69) is 47.1 Å². The fourth-order valence-electron chi connectivity index (χ4n) is 5.62. The van der Waals surface area contributed by atoms with Gasteiger partial charge in [0, 0.05) is 51.4 Å². The van der Waals surface area contributed by atoms with Gasteiger partial charge in [-0.3, -0.25) is 9.69 Å². The summed E-state index contributed by atoms with van der Waals surface area (Å²) < 4.78 is 6.25.